The first-order valence-corrected chi connectivity index (χ1v) is 7.17. The fourth-order valence-electron chi connectivity index (χ4n) is 1.53. The molecule has 0 spiro atoms. The van der Waals surface area contributed by atoms with E-state index in [1.807, 2.05) is 0 Å². The zero-order valence-corrected chi connectivity index (χ0v) is 11.1. The normalized spacial score (nSPS) is 17.6. The Morgan fingerprint density at radius 1 is 1.15 bits per heavy atom. The molecule has 0 fully saturated rings. The third-order valence-corrected chi connectivity index (χ3v) is 3.79. The molecular formula is C14H11NO4S. The van der Waals surface area contributed by atoms with E-state index in [9.17, 15) is 13.2 Å². The molecule has 0 saturated carbocycles. The number of nitrogens with zero attached hydrogens (tertiary/aromatic N) is 1. The van der Waals surface area contributed by atoms with Crippen molar-refractivity contribution in [2.45, 2.75) is 4.90 Å². The van der Waals surface area contributed by atoms with Crippen LogP contribution in [-0.2, 0) is 14.8 Å². The van der Waals surface area contributed by atoms with Crippen LogP contribution in [-0.4, -0.2) is 25.4 Å². The number of sulfonamides is 1. The lowest BCUT2D eigenvalue weighted by Gasteiger charge is -2.04. The number of rotatable bonds is 3. The van der Waals surface area contributed by atoms with Crippen LogP contribution in [0.15, 0.2) is 69.5 Å². The van der Waals surface area contributed by atoms with Crippen molar-refractivity contribution >= 4 is 21.9 Å². The lowest BCUT2D eigenvalue weighted by Crippen LogP contribution is -2.09. The zero-order valence-electron chi connectivity index (χ0n) is 10.3. The van der Waals surface area contributed by atoms with Crippen molar-refractivity contribution in [2.75, 3.05) is 0 Å². The second kappa shape index (κ2) is 5.69. The molecule has 0 amide bonds. The van der Waals surface area contributed by atoms with E-state index in [0.717, 1.165) is 0 Å². The highest BCUT2D eigenvalue weighted by Crippen LogP contribution is 2.13. The Labute approximate surface area is 116 Å². The SMILES string of the molecule is O=C(O)C1C=CC(=C=NS(=O)(=O)c2ccccc2)C=C1. The van der Waals surface area contributed by atoms with Gasteiger partial charge in [0, 0.05) is 11.4 Å². The molecule has 5 nitrogen and oxygen atoms in total. The van der Waals surface area contributed by atoms with Crippen LogP contribution in [0.2, 0.25) is 0 Å². The van der Waals surface area contributed by atoms with Crippen LogP contribution >= 0.6 is 0 Å². The quantitative estimate of drug-likeness (QED) is 0.860. The van der Waals surface area contributed by atoms with E-state index in [-0.39, 0.29) is 4.90 Å². The highest BCUT2D eigenvalue weighted by Gasteiger charge is 2.13. The highest BCUT2D eigenvalue weighted by molar-refractivity contribution is 7.90. The van der Waals surface area contributed by atoms with Gasteiger partial charge in [0.2, 0.25) is 0 Å². The minimum absolute atomic E-state index is 0.0836. The smallest absolute Gasteiger partial charge is 0.314 e. The van der Waals surface area contributed by atoms with Crippen LogP contribution in [0.4, 0.5) is 0 Å². The maximum absolute atomic E-state index is 11.9. The van der Waals surface area contributed by atoms with Gasteiger partial charge in [-0.25, -0.2) is 0 Å². The molecule has 6 heteroatoms. The standard InChI is InChI=1S/C14H11NO4S/c16-14(17)12-8-6-11(7-9-12)10-15-20(18,19)13-4-2-1-3-5-13/h1-9,12H,(H,16,17). The van der Waals surface area contributed by atoms with Gasteiger partial charge in [-0.2, -0.15) is 8.42 Å². The third-order valence-electron chi connectivity index (χ3n) is 2.59. The molecular weight excluding hydrogens is 278 g/mol. The van der Waals surface area contributed by atoms with Crippen LogP contribution in [0.25, 0.3) is 0 Å². The van der Waals surface area contributed by atoms with Gasteiger partial charge >= 0.3 is 5.97 Å². The number of hydrogen-bond donors (Lipinski definition) is 1. The predicted molar refractivity (Wildman–Crippen MR) is 74.0 cm³/mol. The molecule has 0 unspecified atom stereocenters. The summed E-state index contributed by atoms with van der Waals surface area (Å²) < 4.78 is 27.2. The second-order valence-corrected chi connectivity index (χ2v) is 5.63. The van der Waals surface area contributed by atoms with E-state index in [4.69, 9.17) is 5.11 Å². The van der Waals surface area contributed by atoms with E-state index < -0.39 is 21.9 Å². The van der Waals surface area contributed by atoms with Gasteiger partial charge in [-0.15, -0.1) is 4.40 Å². The van der Waals surface area contributed by atoms with Crippen LogP contribution in [0.5, 0.6) is 0 Å². The number of carboxylic acid groups (broad SMARTS) is 1. The Morgan fingerprint density at radius 3 is 2.30 bits per heavy atom. The lowest BCUT2D eigenvalue weighted by atomic mass is 10.0. The van der Waals surface area contributed by atoms with Crippen LogP contribution in [0.1, 0.15) is 0 Å². The van der Waals surface area contributed by atoms with E-state index in [2.05, 4.69) is 10.3 Å². The fourth-order valence-corrected chi connectivity index (χ4v) is 2.36. The minimum atomic E-state index is -3.78. The summed E-state index contributed by atoms with van der Waals surface area (Å²) in [6.45, 7) is 0. The van der Waals surface area contributed by atoms with E-state index in [0.29, 0.717) is 5.57 Å². The molecule has 0 saturated heterocycles. The summed E-state index contributed by atoms with van der Waals surface area (Å²) in [6.07, 6.45) is 5.83. The van der Waals surface area contributed by atoms with Crippen LogP contribution < -0.4 is 0 Å². The first-order chi connectivity index (χ1) is 9.49. The largest absolute Gasteiger partial charge is 0.481 e. The van der Waals surface area contributed by atoms with Crippen molar-refractivity contribution in [3.8, 4) is 0 Å². The molecule has 1 aliphatic rings. The fraction of sp³-hybridized carbons (Fsp3) is 0.0714. The highest BCUT2D eigenvalue weighted by atomic mass is 32.2. The van der Waals surface area contributed by atoms with Gasteiger partial charge in [0.25, 0.3) is 10.0 Å². The average Bonchev–Trinajstić information content (AvgIpc) is 2.46. The topological polar surface area (TPSA) is 83.8 Å². The molecule has 0 bridgehead atoms. The maximum Gasteiger partial charge on any atom is 0.314 e. The lowest BCUT2D eigenvalue weighted by molar-refractivity contribution is -0.138. The van der Waals surface area contributed by atoms with Gasteiger partial charge < -0.3 is 5.11 Å². The Hall–Kier alpha value is -2.43. The molecule has 2 rings (SSSR count). The molecule has 1 N–H and O–H groups in total. The van der Waals surface area contributed by atoms with Gasteiger partial charge in [0.1, 0.15) is 0 Å². The predicted octanol–water partition coefficient (Wildman–Crippen LogP) is 1.80. The van der Waals surface area contributed by atoms with Gasteiger partial charge in [0.15, 0.2) is 0 Å². The number of allylic oxidation sites excluding steroid dienone is 3. The molecule has 1 aliphatic carbocycles. The number of benzene rings is 1. The summed E-state index contributed by atoms with van der Waals surface area (Å²) in [5, 5.41) is 8.78. The summed E-state index contributed by atoms with van der Waals surface area (Å²) in [5.74, 6) is 0.737. The second-order valence-electron chi connectivity index (χ2n) is 4.03. The maximum atomic E-state index is 11.9. The average molecular weight is 289 g/mol. The van der Waals surface area contributed by atoms with E-state index in [1.54, 1.807) is 18.2 Å². The molecule has 102 valence electrons. The van der Waals surface area contributed by atoms with Crippen molar-refractivity contribution < 1.29 is 18.3 Å². The molecule has 0 aromatic heterocycles. The van der Waals surface area contributed by atoms with Crippen LogP contribution in [0, 0.1) is 5.92 Å². The van der Waals surface area contributed by atoms with Crippen molar-refractivity contribution in [1.29, 1.82) is 0 Å². The first-order valence-electron chi connectivity index (χ1n) is 5.73. The summed E-state index contributed by atoms with van der Waals surface area (Å²) in [7, 11) is -3.78. The Morgan fingerprint density at radius 2 is 1.75 bits per heavy atom. The Kier molecular flexibility index (Phi) is 3.98. The minimum Gasteiger partial charge on any atom is -0.481 e. The number of carboxylic acids is 1. The van der Waals surface area contributed by atoms with Crippen molar-refractivity contribution in [2.24, 2.45) is 10.3 Å². The van der Waals surface area contributed by atoms with Gasteiger partial charge in [-0.05, 0) is 24.3 Å². The van der Waals surface area contributed by atoms with Gasteiger partial charge in [0.05, 0.1) is 10.8 Å². The van der Waals surface area contributed by atoms with Gasteiger partial charge in [-0.1, -0.05) is 30.4 Å². The number of carbonyl (C=O) groups is 1. The Balaban J connectivity index is 2.27. The Bertz CT molecular complexity index is 723. The monoisotopic (exact) mass is 289 g/mol. The van der Waals surface area contributed by atoms with E-state index >= 15 is 0 Å². The summed E-state index contributed by atoms with van der Waals surface area (Å²) in [4.78, 5) is 10.8. The summed E-state index contributed by atoms with van der Waals surface area (Å²) in [6, 6.07) is 7.80. The van der Waals surface area contributed by atoms with Crippen molar-refractivity contribution in [3.05, 3.63) is 60.2 Å². The number of hydrogen-bond acceptors (Lipinski definition) is 3. The summed E-state index contributed by atoms with van der Waals surface area (Å²) in [5.41, 5.74) is 0.405. The molecule has 0 aliphatic heterocycles. The van der Waals surface area contributed by atoms with Crippen molar-refractivity contribution in [1.82, 2.24) is 0 Å². The van der Waals surface area contributed by atoms with Gasteiger partial charge in [-0.3, -0.25) is 4.79 Å². The van der Waals surface area contributed by atoms with Crippen molar-refractivity contribution in [3.63, 3.8) is 0 Å². The molecule has 1 aromatic carbocycles. The molecule has 1 aromatic rings. The number of aliphatic carboxylic acids is 1. The molecule has 0 atom stereocenters. The molecule has 0 radical (unpaired) electrons. The zero-order chi connectivity index (χ0) is 14.6. The first kappa shape index (κ1) is 14.0. The van der Waals surface area contributed by atoms with E-state index in [1.165, 1.54) is 36.4 Å². The molecule has 20 heavy (non-hydrogen) atoms. The summed E-state index contributed by atoms with van der Waals surface area (Å²) >= 11 is 0. The molecule has 0 heterocycles. The van der Waals surface area contributed by atoms with Crippen LogP contribution in [0.3, 0.4) is 0 Å². The third kappa shape index (κ3) is 3.32.